The summed E-state index contributed by atoms with van der Waals surface area (Å²) in [5, 5.41) is 0.445. The molecule has 0 radical (unpaired) electrons. The SMILES string of the molecule is COc1ccc([C@@H]2OC3(C(=O)c4ccccc4C3=O)[C@@H]3C(=O)N(c4ccc(Cl)cc4)C(=O)[C@@H]32)cc1. The second kappa shape index (κ2) is 7.60. The van der Waals surface area contributed by atoms with Gasteiger partial charge in [-0.1, -0.05) is 48.0 Å². The zero-order chi connectivity index (χ0) is 24.5. The fourth-order valence-corrected chi connectivity index (χ4v) is 5.58. The highest BCUT2D eigenvalue weighted by Gasteiger charge is 2.74. The Morgan fingerprint density at radius 3 is 2.00 bits per heavy atom. The molecule has 3 aliphatic rings. The predicted molar refractivity (Wildman–Crippen MR) is 126 cm³/mol. The Labute approximate surface area is 205 Å². The van der Waals surface area contributed by atoms with Crippen molar-refractivity contribution >= 4 is 40.7 Å². The number of halogens is 1. The predicted octanol–water partition coefficient (Wildman–Crippen LogP) is 4.04. The van der Waals surface area contributed by atoms with Gasteiger partial charge in [0.2, 0.25) is 29.0 Å². The van der Waals surface area contributed by atoms with Gasteiger partial charge in [-0.2, -0.15) is 0 Å². The highest BCUT2D eigenvalue weighted by atomic mass is 35.5. The van der Waals surface area contributed by atoms with Crippen LogP contribution >= 0.6 is 11.6 Å². The number of carbonyl (C=O) groups excluding carboxylic acids is 4. The van der Waals surface area contributed by atoms with E-state index in [9.17, 15) is 19.2 Å². The van der Waals surface area contributed by atoms with Gasteiger partial charge in [0.05, 0.1) is 30.7 Å². The number of imide groups is 1. The second-order valence-electron chi connectivity index (χ2n) is 8.74. The fraction of sp³-hybridized carbons (Fsp3) is 0.185. The van der Waals surface area contributed by atoms with Crippen LogP contribution in [-0.4, -0.2) is 36.1 Å². The fourth-order valence-electron chi connectivity index (χ4n) is 5.46. The van der Waals surface area contributed by atoms with Gasteiger partial charge in [-0.3, -0.25) is 19.2 Å². The van der Waals surface area contributed by atoms with Crippen molar-refractivity contribution in [2.24, 2.45) is 11.8 Å². The number of hydrogen-bond acceptors (Lipinski definition) is 6. The normalized spacial score (nSPS) is 24.3. The van der Waals surface area contributed by atoms with Crippen LogP contribution in [-0.2, 0) is 14.3 Å². The Hall–Kier alpha value is -3.81. The molecule has 8 heteroatoms. The molecule has 0 unspecified atom stereocenters. The number of amides is 2. The van der Waals surface area contributed by atoms with Gasteiger partial charge in [-0.05, 0) is 42.0 Å². The van der Waals surface area contributed by atoms with E-state index in [1.165, 1.54) is 7.11 Å². The molecule has 1 aliphatic carbocycles. The Morgan fingerprint density at radius 1 is 0.829 bits per heavy atom. The zero-order valence-corrected chi connectivity index (χ0v) is 19.2. The van der Waals surface area contributed by atoms with Gasteiger partial charge >= 0.3 is 0 Å². The van der Waals surface area contributed by atoms with E-state index in [1.54, 1.807) is 72.8 Å². The molecule has 174 valence electrons. The van der Waals surface area contributed by atoms with Crippen LogP contribution in [0.25, 0.3) is 0 Å². The summed E-state index contributed by atoms with van der Waals surface area (Å²) < 4.78 is 11.5. The first-order valence-corrected chi connectivity index (χ1v) is 11.4. The summed E-state index contributed by atoms with van der Waals surface area (Å²) in [6.07, 6.45) is -0.984. The maximum absolute atomic E-state index is 13.8. The smallest absolute Gasteiger partial charge is 0.241 e. The molecule has 0 N–H and O–H groups in total. The third-order valence-corrected chi connectivity index (χ3v) is 7.30. The maximum atomic E-state index is 13.8. The number of carbonyl (C=O) groups is 4. The molecule has 35 heavy (non-hydrogen) atoms. The first kappa shape index (κ1) is 21.7. The van der Waals surface area contributed by atoms with E-state index in [0.717, 1.165) is 4.90 Å². The minimum Gasteiger partial charge on any atom is -0.497 e. The van der Waals surface area contributed by atoms with Crippen LogP contribution in [0.3, 0.4) is 0 Å². The number of benzene rings is 3. The highest BCUT2D eigenvalue weighted by Crippen LogP contribution is 2.57. The molecule has 2 fully saturated rings. The lowest BCUT2D eigenvalue weighted by Crippen LogP contribution is -2.51. The van der Waals surface area contributed by atoms with E-state index in [0.29, 0.717) is 22.0 Å². The molecule has 3 aromatic rings. The molecular formula is C27H18ClNO6. The summed E-state index contributed by atoms with van der Waals surface area (Å²) in [5.74, 6) is -4.13. The van der Waals surface area contributed by atoms with Crippen LogP contribution in [0.5, 0.6) is 5.75 Å². The van der Waals surface area contributed by atoms with Gasteiger partial charge < -0.3 is 9.47 Å². The second-order valence-corrected chi connectivity index (χ2v) is 9.18. The summed E-state index contributed by atoms with van der Waals surface area (Å²) in [5.41, 5.74) is -0.841. The molecule has 3 aromatic carbocycles. The number of ether oxygens (including phenoxy) is 2. The monoisotopic (exact) mass is 487 g/mol. The van der Waals surface area contributed by atoms with Gasteiger partial charge in [0, 0.05) is 16.1 Å². The van der Waals surface area contributed by atoms with Gasteiger partial charge in [-0.25, -0.2) is 4.90 Å². The van der Waals surface area contributed by atoms with Gasteiger partial charge in [-0.15, -0.1) is 0 Å². The Morgan fingerprint density at radius 2 is 1.43 bits per heavy atom. The molecule has 0 aromatic heterocycles. The number of fused-ring (bicyclic) bond motifs is 3. The van der Waals surface area contributed by atoms with Crippen LogP contribution in [0.15, 0.2) is 72.8 Å². The summed E-state index contributed by atoms with van der Waals surface area (Å²) in [6, 6.07) is 19.5. The van der Waals surface area contributed by atoms with Crippen molar-refractivity contribution in [1.82, 2.24) is 0 Å². The number of hydrogen-bond donors (Lipinski definition) is 0. The van der Waals surface area contributed by atoms with E-state index in [-0.39, 0.29) is 11.1 Å². The number of rotatable bonds is 3. The summed E-state index contributed by atoms with van der Waals surface area (Å²) in [4.78, 5) is 56.1. The molecule has 3 atom stereocenters. The molecule has 6 rings (SSSR count). The average Bonchev–Trinajstić information content (AvgIpc) is 3.45. The lowest BCUT2D eigenvalue weighted by atomic mass is 9.77. The number of anilines is 1. The largest absolute Gasteiger partial charge is 0.497 e. The van der Waals surface area contributed by atoms with Crippen LogP contribution in [0.4, 0.5) is 5.69 Å². The zero-order valence-electron chi connectivity index (χ0n) is 18.4. The Kier molecular flexibility index (Phi) is 4.71. The third-order valence-electron chi connectivity index (χ3n) is 7.05. The first-order chi connectivity index (χ1) is 16.9. The van der Waals surface area contributed by atoms with Crippen LogP contribution in [0, 0.1) is 11.8 Å². The minimum atomic E-state index is -2.10. The third kappa shape index (κ3) is 2.82. The van der Waals surface area contributed by atoms with Gasteiger partial charge in [0.15, 0.2) is 0 Å². The highest BCUT2D eigenvalue weighted by molar-refractivity contribution is 6.37. The number of methoxy groups -OCH3 is 1. The molecule has 0 bridgehead atoms. The molecule has 1 spiro atoms. The van der Waals surface area contributed by atoms with E-state index in [2.05, 4.69) is 0 Å². The number of nitrogens with zero attached hydrogens (tertiary/aromatic N) is 1. The summed E-state index contributed by atoms with van der Waals surface area (Å²) in [6.45, 7) is 0. The van der Waals surface area contributed by atoms with Crippen molar-refractivity contribution in [1.29, 1.82) is 0 Å². The molecule has 2 heterocycles. The number of ketones is 2. The molecular weight excluding hydrogens is 470 g/mol. The molecule has 2 amide bonds. The van der Waals surface area contributed by atoms with E-state index >= 15 is 0 Å². The Bertz CT molecular complexity index is 1380. The summed E-state index contributed by atoms with van der Waals surface area (Å²) >= 11 is 6.00. The van der Waals surface area contributed by atoms with Crippen molar-refractivity contribution in [2.45, 2.75) is 11.7 Å². The molecule has 2 saturated heterocycles. The lowest BCUT2D eigenvalue weighted by Gasteiger charge is -2.27. The quantitative estimate of drug-likeness (QED) is 0.409. The van der Waals surface area contributed by atoms with E-state index in [4.69, 9.17) is 21.1 Å². The van der Waals surface area contributed by atoms with E-state index < -0.39 is 46.9 Å². The molecule has 0 saturated carbocycles. The maximum Gasteiger partial charge on any atom is 0.241 e. The topological polar surface area (TPSA) is 90.0 Å². The average molecular weight is 488 g/mol. The molecule has 7 nitrogen and oxygen atoms in total. The van der Waals surface area contributed by atoms with Crippen molar-refractivity contribution in [2.75, 3.05) is 12.0 Å². The van der Waals surface area contributed by atoms with Crippen LogP contribution in [0.2, 0.25) is 5.02 Å². The van der Waals surface area contributed by atoms with Crippen LogP contribution in [0.1, 0.15) is 32.4 Å². The van der Waals surface area contributed by atoms with E-state index in [1.807, 2.05) is 0 Å². The van der Waals surface area contributed by atoms with Gasteiger partial charge in [0.25, 0.3) is 0 Å². The van der Waals surface area contributed by atoms with Crippen molar-refractivity contribution in [3.63, 3.8) is 0 Å². The first-order valence-electron chi connectivity index (χ1n) is 11.0. The number of Topliss-reactive ketones (excluding diaryl/α,β-unsaturated/α-hetero) is 2. The standard InChI is InChI=1S/C27H18ClNO6/c1-34-17-12-6-14(7-13-17)22-20-21(26(33)29(25(20)32)16-10-8-15(28)9-11-16)27(35-22)23(30)18-4-2-3-5-19(18)24(27)31/h2-13,20-22H,1H3/t20-,21-,22-/m0/s1. The van der Waals surface area contributed by atoms with Crippen molar-refractivity contribution in [3.8, 4) is 5.75 Å². The lowest BCUT2D eigenvalue weighted by molar-refractivity contribution is -0.127. The Balaban J connectivity index is 1.53. The van der Waals surface area contributed by atoms with Gasteiger partial charge in [0.1, 0.15) is 5.75 Å². The van der Waals surface area contributed by atoms with Crippen molar-refractivity contribution < 1.29 is 28.7 Å². The molecule has 2 aliphatic heterocycles. The van der Waals surface area contributed by atoms with Crippen molar-refractivity contribution in [3.05, 3.63) is 94.5 Å². The van der Waals surface area contributed by atoms with Crippen LogP contribution < -0.4 is 9.64 Å². The summed E-state index contributed by atoms with van der Waals surface area (Å²) in [7, 11) is 1.53. The minimum absolute atomic E-state index is 0.192.